The summed E-state index contributed by atoms with van der Waals surface area (Å²) >= 11 is 0. The predicted molar refractivity (Wildman–Crippen MR) is 93.7 cm³/mol. The molecule has 0 radical (unpaired) electrons. The van der Waals surface area contributed by atoms with Crippen LogP contribution in [0.5, 0.6) is 11.5 Å². The first kappa shape index (κ1) is 18.0. The second-order valence-corrected chi connectivity index (χ2v) is 4.94. The minimum Gasteiger partial charge on any atom is -0.497 e. The SMILES string of the molecule is COc1ccc(C=NNC(=O)CNC(=O)COc2ccccc2)cc1. The lowest BCUT2D eigenvalue weighted by molar-refractivity contribution is -0.127. The molecule has 130 valence electrons. The number of carbonyl (C=O) groups is 2. The molecule has 0 heterocycles. The Morgan fingerprint density at radius 3 is 2.40 bits per heavy atom. The van der Waals surface area contributed by atoms with Crippen molar-refractivity contribution in [1.29, 1.82) is 0 Å². The van der Waals surface area contributed by atoms with Crippen LogP contribution < -0.4 is 20.2 Å². The van der Waals surface area contributed by atoms with Gasteiger partial charge in [-0.3, -0.25) is 9.59 Å². The molecular weight excluding hydrogens is 322 g/mol. The van der Waals surface area contributed by atoms with Gasteiger partial charge in [0.05, 0.1) is 19.9 Å². The van der Waals surface area contributed by atoms with Gasteiger partial charge in [-0.2, -0.15) is 5.10 Å². The average molecular weight is 341 g/mol. The van der Waals surface area contributed by atoms with Gasteiger partial charge in [0.2, 0.25) is 0 Å². The molecule has 0 unspecified atom stereocenters. The maximum Gasteiger partial charge on any atom is 0.259 e. The van der Waals surface area contributed by atoms with Crippen molar-refractivity contribution in [3.05, 3.63) is 60.2 Å². The lowest BCUT2D eigenvalue weighted by Gasteiger charge is -2.06. The normalized spacial score (nSPS) is 10.3. The molecule has 0 bridgehead atoms. The fourth-order valence-electron chi connectivity index (χ4n) is 1.80. The number of benzene rings is 2. The van der Waals surface area contributed by atoms with Gasteiger partial charge >= 0.3 is 0 Å². The first-order chi connectivity index (χ1) is 12.2. The quantitative estimate of drug-likeness (QED) is 0.560. The highest BCUT2D eigenvalue weighted by atomic mass is 16.5. The number of nitrogens with one attached hydrogen (secondary N) is 2. The van der Waals surface area contributed by atoms with E-state index in [0.29, 0.717) is 5.75 Å². The van der Waals surface area contributed by atoms with Crippen molar-refractivity contribution < 1.29 is 19.1 Å². The third kappa shape index (κ3) is 6.74. The van der Waals surface area contributed by atoms with Gasteiger partial charge in [-0.1, -0.05) is 18.2 Å². The van der Waals surface area contributed by atoms with E-state index in [0.717, 1.165) is 11.3 Å². The minimum absolute atomic E-state index is 0.160. The summed E-state index contributed by atoms with van der Waals surface area (Å²) in [6.07, 6.45) is 1.50. The summed E-state index contributed by atoms with van der Waals surface area (Å²) < 4.78 is 10.3. The Hall–Kier alpha value is -3.35. The Morgan fingerprint density at radius 1 is 1.00 bits per heavy atom. The van der Waals surface area contributed by atoms with Crippen LogP contribution in [0.2, 0.25) is 0 Å². The van der Waals surface area contributed by atoms with Crippen LogP contribution in [0.1, 0.15) is 5.56 Å². The van der Waals surface area contributed by atoms with E-state index in [4.69, 9.17) is 9.47 Å². The molecule has 2 aromatic rings. The number of methoxy groups -OCH3 is 1. The van der Waals surface area contributed by atoms with E-state index < -0.39 is 11.8 Å². The predicted octanol–water partition coefficient (Wildman–Crippen LogP) is 1.34. The van der Waals surface area contributed by atoms with Crippen LogP contribution in [0.4, 0.5) is 0 Å². The highest BCUT2D eigenvalue weighted by Gasteiger charge is 2.05. The number of nitrogens with zero attached hydrogens (tertiary/aromatic N) is 1. The number of carbonyl (C=O) groups excluding carboxylic acids is 2. The maximum atomic E-state index is 11.6. The largest absolute Gasteiger partial charge is 0.497 e. The number of para-hydroxylation sites is 1. The van der Waals surface area contributed by atoms with Crippen LogP contribution in [0.25, 0.3) is 0 Å². The maximum absolute atomic E-state index is 11.6. The summed E-state index contributed by atoms with van der Waals surface area (Å²) in [6.45, 7) is -0.344. The van der Waals surface area contributed by atoms with Crippen LogP contribution in [0, 0.1) is 0 Å². The summed E-state index contributed by atoms with van der Waals surface area (Å²) in [5.41, 5.74) is 3.14. The van der Waals surface area contributed by atoms with Gasteiger partial charge in [-0.15, -0.1) is 0 Å². The number of amides is 2. The van der Waals surface area contributed by atoms with E-state index in [-0.39, 0.29) is 13.2 Å². The molecule has 7 nitrogen and oxygen atoms in total. The van der Waals surface area contributed by atoms with E-state index in [2.05, 4.69) is 15.8 Å². The van der Waals surface area contributed by atoms with Crippen molar-refractivity contribution in [2.75, 3.05) is 20.3 Å². The molecule has 0 aliphatic rings. The molecule has 0 saturated carbocycles. The molecule has 2 amide bonds. The Morgan fingerprint density at radius 2 is 1.72 bits per heavy atom. The molecule has 2 N–H and O–H groups in total. The molecule has 0 fully saturated rings. The fraction of sp³-hybridized carbons (Fsp3) is 0.167. The number of hydrogen-bond acceptors (Lipinski definition) is 5. The second-order valence-electron chi connectivity index (χ2n) is 4.94. The van der Waals surface area contributed by atoms with Gasteiger partial charge in [0, 0.05) is 0 Å². The van der Waals surface area contributed by atoms with Crippen LogP contribution >= 0.6 is 0 Å². The molecule has 0 saturated heterocycles. The van der Waals surface area contributed by atoms with Gasteiger partial charge in [-0.25, -0.2) is 5.43 Å². The van der Waals surface area contributed by atoms with Crippen molar-refractivity contribution in [3.63, 3.8) is 0 Å². The van der Waals surface area contributed by atoms with Crippen molar-refractivity contribution in [2.45, 2.75) is 0 Å². The second kappa shape index (κ2) is 9.71. The van der Waals surface area contributed by atoms with E-state index in [9.17, 15) is 9.59 Å². The zero-order chi connectivity index (χ0) is 17.9. The fourth-order valence-corrected chi connectivity index (χ4v) is 1.80. The molecule has 2 aromatic carbocycles. The summed E-state index contributed by atoms with van der Waals surface area (Å²) in [6, 6.07) is 16.1. The number of ether oxygens (including phenoxy) is 2. The van der Waals surface area contributed by atoms with Gasteiger partial charge in [0.25, 0.3) is 11.8 Å². The van der Waals surface area contributed by atoms with Gasteiger partial charge in [-0.05, 0) is 42.0 Å². The highest BCUT2D eigenvalue weighted by molar-refractivity contribution is 5.86. The molecule has 0 aliphatic carbocycles. The molecule has 0 spiro atoms. The van der Waals surface area contributed by atoms with E-state index in [1.54, 1.807) is 43.5 Å². The lowest BCUT2D eigenvalue weighted by atomic mass is 10.2. The van der Waals surface area contributed by atoms with E-state index >= 15 is 0 Å². The molecule has 25 heavy (non-hydrogen) atoms. The zero-order valence-electron chi connectivity index (χ0n) is 13.8. The van der Waals surface area contributed by atoms with Crippen LogP contribution in [-0.4, -0.2) is 38.3 Å². The first-order valence-electron chi connectivity index (χ1n) is 7.58. The Balaban J connectivity index is 1.65. The van der Waals surface area contributed by atoms with Crippen LogP contribution in [0.3, 0.4) is 0 Å². The number of rotatable bonds is 8. The van der Waals surface area contributed by atoms with Crippen LogP contribution in [0.15, 0.2) is 59.7 Å². The smallest absolute Gasteiger partial charge is 0.259 e. The Bertz CT molecular complexity index is 715. The highest BCUT2D eigenvalue weighted by Crippen LogP contribution is 2.09. The summed E-state index contributed by atoms with van der Waals surface area (Å²) in [4.78, 5) is 23.2. The summed E-state index contributed by atoms with van der Waals surface area (Å²) in [7, 11) is 1.59. The van der Waals surface area contributed by atoms with Crippen molar-refractivity contribution in [1.82, 2.24) is 10.7 Å². The third-order valence-corrected chi connectivity index (χ3v) is 3.08. The molecule has 7 heteroatoms. The van der Waals surface area contributed by atoms with E-state index in [1.165, 1.54) is 6.21 Å². The van der Waals surface area contributed by atoms with Crippen molar-refractivity contribution in [2.24, 2.45) is 5.10 Å². The molecular formula is C18H19N3O4. The van der Waals surface area contributed by atoms with Crippen molar-refractivity contribution >= 4 is 18.0 Å². The summed E-state index contributed by atoms with van der Waals surface area (Å²) in [5, 5.41) is 6.27. The lowest BCUT2D eigenvalue weighted by Crippen LogP contribution is -2.37. The standard InChI is InChI=1S/C18H19N3O4/c1-24-15-9-7-14(8-10-15)11-20-21-17(22)12-19-18(23)13-25-16-5-3-2-4-6-16/h2-11H,12-13H2,1H3,(H,19,23)(H,21,22). The third-order valence-electron chi connectivity index (χ3n) is 3.08. The van der Waals surface area contributed by atoms with Crippen LogP contribution in [-0.2, 0) is 9.59 Å². The topological polar surface area (TPSA) is 89.0 Å². The number of hydrogen-bond donors (Lipinski definition) is 2. The number of hydrazone groups is 1. The molecule has 0 aromatic heterocycles. The summed E-state index contributed by atoms with van der Waals surface area (Å²) in [5.74, 6) is 0.503. The van der Waals surface area contributed by atoms with Gasteiger partial charge in [0.1, 0.15) is 11.5 Å². The van der Waals surface area contributed by atoms with E-state index in [1.807, 2.05) is 18.2 Å². The monoisotopic (exact) mass is 341 g/mol. The zero-order valence-corrected chi connectivity index (χ0v) is 13.8. The Kier molecular flexibility index (Phi) is 6.99. The average Bonchev–Trinajstić information content (AvgIpc) is 2.66. The molecule has 0 aliphatic heterocycles. The van der Waals surface area contributed by atoms with Crippen molar-refractivity contribution in [3.8, 4) is 11.5 Å². The minimum atomic E-state index is -0.433. The molecule has 2 rings (SSSR count). The first-order valence-corrected chi connectivity index (χ1v) is 7.58. The molecule has 0 atom stereocenters. The van der Waals surface area contributed by atoms with Gasteiger partial charge < -0.3 is 14.8 Å². The van der Waals surface area contributed by atoms with Gasteiger partial charge in [0.15, 0.2) is 6.61 Å². The Labute approximate surface area is 145 Å².